The molecule has 0 radical (unpaired) electrons. The number of esters is 1. The number of halogens is 1. The standard InChI is InChI=1S/C14H20BrNO3/c1-5-10(6-2)8-16-9(3)11(14(18)19-4)7-12(15)13(16)17/h7,10H,5-6,8H2,1-4H3. The topological polar surface area (TPSA) is 48.3 Å². The Bertz CT molecular complexity index is 518. The molecule has 0 saturated heterocycles. The van der Waals surface area contributed by atoms with E-state index in [2.05, 4.69) is 29.8 Å². The third kappa shape index (κ3) is 3.47. The minimum Gasteiger partial charge on any atom is -0.465 e. The summed E-state index contributed by atoms with van der Waals surface area (Å²) >= 11 is 3.22. The highest BCUT2D eigenvalue weighted by Gasteiger charge is 2.18. The van der Waals surface area contributed by atoms with Crippen LogP contribution in [0, 0.1) is 12.8 Å². The van der Waals surface area contributed by atoms with Crippen molar-refractivity contribution in [2.45, 2.75) is 40.2 Å². The lowest BCUT2D eigenvalue weighted by molar-refractivity contribution is 0.0598. The largest absolute Gasteiger partial charge is 0.465 e. The summed E-state index contributed by atoms with van der Waals surface area (Å²) in [6.45, 7) is 6.62. The maximum Gasteiger partial charge on any atom is 0.339 e. The highest BCUT2D eigenvalue weighted by Crippen LogP contribution is 2.17. The minimum atomic E-state index is -0.420. The van der Waals surface area contributed by atoms with E-state index in [9.17, 15) is 9.59 Å². The average molecular weight is 330 g/mol. The molecular formula is C14H20BrNO3. The van der Waals surface area contributed by atoms with E-state index in [4.69, 9.17) is 4.74 Å². The van der Waals surface area contributed by atoms with E-state index < -0.39 is 5.97 Å². The molecule has 19 heavy (non-hydrogen) atoms. The lowest BCUT2D eigenvalue weighted by Crippen LogP contribution is -2.28. The number of carbonyl (C=O) groups is 1. The maximum atomic E-state index is 12.2. The zero-order chi connectivity index (χ0) is 14.6. The summed E-state index contributed by atoms with van der Waals surface area (Å²) in [5.74, 6) is 0.00712. The average Bonchev–Trinajstić information content (AvgIpc) is 2.42. The number of aromatic nitrogens is 1. The Morgan fingerprint density at radius 3 is 2.47 bits per heavy atom. The molecule has 5 heteroatoms. The molecule has 4 nitrogen and oxygen atoms in total. The quantitative estimate of drug-likeness (QED) is 0.779. The van der Waals surface area contributed by atoms with Gasteiger partial charge in [-0.3, -0.25) is 4.79 Å². The molecular weight excluding hydrogens is 310 g/mol. The van der Waals surface area contributed by atoms with Gasteiger partial charge in [-0.15, -0.1) is 0 Å². The highest BCUT2D eigenvalue weighted by atomic mass is 79.9. The van der Waals surface area contributed by atoms with Crippen LogP contribution in [0.25, 0.3) is 0 Å². The van der Waals surface area contributed by atoms with Gasteiger partial charge >= 0.3 is 5.97 Å². The molecule has 1 rings (SSSR count). The Hall–Kier alpha value is -1.10. The second-order valence-electron chi connectivity index (χ2n) is 4.58. The second-order valence-corrected chi connectivity index (χ2v) is 5.44. The molecule has 0 N–H and O–H groups in total. The number of nitrogens with zero attached hydrogens (tertiary/aromatic N) is 1. The summed E-state index contributed by atoms with van der Waals surface area (Å²) in [6, 6.07) is 1.53. The molecule has 0 aliphatic heterocycles. The number of hydrogen-bond acceptors (Lipinski definition) is 3. The lowest BCUT2D eigenvalue weighted by atomic mass is 10.0. The number of hydrogen-bond donors (Lipinski definition) is 0. The van der Waals surface area contributed by atoms with E-state index in [-0.39, 0.29) is 5.56 Å². The predicted molar refractivity (Wildman–Crippen MR) is 78.6 cm³/mol. The Morgan fingerprint density at radius 1 is 1.42 bits per heavy atom. The first-order valence-electron chi connectivity index (χ1n) is 6.44. The monoisotopic (exact) mass is 329 g/mol. The molecule has 1 aromatic heterocycles. The van der Waals surface area contributed by atoms with Crippen LogP contribution < -0.4 is 5.56 Å². The summed E-state index contributed by atoms with van der Waals surface area (Å²) < 4.78 is 6.80. The number of methoxy groups -OCH3 is 1. The normalized spacial score (nSPS) is 10.8. The van der Waals surface area contributed by atoms with Crippen LogP contribution in [-0.4, -0.2) is 17.6 Å². The van der Waals surface area contributed by atoms with Crippen LogP contribution >= 0.6 is 15.9 Å². The predicted octanol–water partition coefficient (Wildman–Crippen LogP) is 3.14. The van der Waals surface area contributed by atoms with E-state index >= 15 is 0 Å². The summed E-state index contributed by atoms with van der Waals surface area (Å²) in [6.07, 6.45) is 2.00. The fourth-order valence-electron chi connectivity index (χ4n) is 2.06. The van der Waals surface area contributed by atoms with E-state index in [1.807, 2.05) is 0 Å². The third-order valence-corrected chi connectivity index (χ3v) is 4.08. The number of pyridine rings is 1. The van der Waals surface area contributed by atoms with Crippen LogP contribution in [0.3, 0.4) is 0 Å². The fraction of sp³-hybridized carbons (Fsp3) is 0.571. The molecule has 0 saturated carbocycles. The second kappa shape index (κ2) is 6.89. The SMILES string of the molecule is CCC(CC)Cn1c(C)c(C(=O)OC)cc(Br)c1=O. The smallest absolute Gasteiger partial charge is 0.339 e. The van der Waals surface area contributed by atoms with E-state index in [0.29, 0.717) is 28.2 Å². The van der Waals surface area contributed by atoms with Gasteiger partial charge in [0.15, 0.2) is 0 Å². The first-order valence-corrected chi connectivity index (χ1v) is 7.23. The molecule has 0 amide bonds. The minimum absolute atomic E-state index is 0.1000. The molecule has 1 heterocycles. The van der Waals surface area contributed by atoms with Gasteiger partial charge in [-0.2, -0.15) is 0 Å². The first kappa shape index (κ1) is 16.0. The van der Waals surface area contributed by atoms with Crippen LogP contribution in [0.2, 0.25) is 0 Å². The lowest BCUT2D eigenvalue weighted by Gasteiger charge is -2.18. The molecule has 106 valence electrons. The van der Waals surface area contributed by atoms with Crippen molar-refractivity contribution in [2.75, 3.05) is 7.11 Å². The van der Waals surface area contributed by atoms with Gasteiger partial charge in [0.2, 0.25) is 0 Å². The van der Waals surface area contributed by atoms with Crippen molar-refractivity contribution in [3.8, 4) is 0 Å². The molecule has 1 aromatic rings. The molecule has 0 fully saturated rings. The van der Waals surface area contributed by atoms with E-state index in [1.165, 1.54) is 13.2 Å². The maximum absolute atomic E-state index is 12.2. The number of rotatable bonds is 5. The molecule has 0 atom stereocenters. The van der Waals surface area contributed by atoms with Crippen molar-refractivity contribution >= 4 is 21.9 Å². The van der Waals surface area contributed by atoms with Gasteiger partial charge < -0.3 is 9.30 Å². The Labute approximate surface area is 121 Å². The molecule has 0 spiro atoms. The fourth-order valence-corrected chi connectivity index (χ4v) is 2.50. The van der Waals surface area contributed by atoms with E-state index in [1.54, 1.807) is 11.5 Å². The molecule has 0 bridgehead atoms. The van der Waals surface area contributed by atoms with E-state index in [0.717, 1.165) is 12.8 Å². The zero-order valence-corrected chi connectivity index (χ0v) is 13.4. The summed E-state index contributed by atoms with van der Waals surface area (Å²) in [5.41, 5.74) is 0.990. The van der Waals surface area contributed by atoms with Crippen molar-refractivity contribution in [3.05, 3.63) is 32.2 Å². The van der Waals surface area contributed by atoms with Gasteiger partial charge in [0.1, 0.15) is 0 Å². The van der Waals surface area contributed by atoms with Gasteiger partial charge in [0.25, 0.3) is 5.56 Å². The van der Waals surface area contributed by atoms with Gasteiger partial charge in [-0.05, 0) is 34.8 Å². The summed E-state index contributed by atoms with van der Waals surface area (Å²) in [7, 11) is 1.34. The Balaban J connectivity index is 3.33. The molecule has 0 aliphatic carbocycles. The van der Waals surface area contributed by atoms with Gasteiger partial charge in [-0.1, -0.05) is 26.7 Å². The Kier molecular flexibility index (Phi) is 5.79. The molecule has 0 unspecified atom stereocenters. The van der Waals surface area contributed by atoms with Crippen LogP contribution in [0.4, 0.5) is 0 Å². The van der Waals surface area contributed by atoms with Crippen molar-refractivity contribution in [1.82, 2.24) is 4.57 Å². The molecule has 0 aliphatic rings. The first-order chi connectivity index (χ1) is 8.96. The van der Waals surface area contributed by atoms with Crippen molar-refractivity contribution in [2.24, 2.45) is 5.92 Å². The summed E-state index contributed by atoms with van der Waals surface area (Å²) in [5, 5.41) is 0. The van der Waals surface area contributed by atoms with Gasteiger partial charge in [0.05, 0.1) is 17.1 Å². The zero-order valence-electron chi connectivity index (χ0n) is 11.8. The van der Waals surface area contributed by atoms with Crippen molar-refractivity contribution in [3.63, 3.8) is 0 Å². The third-order valence-electron chi connectivity index (χ3n) is 3.52. The van der Waals surface area contributed by atoms with Crippen LogP contribution in [0.1, 0.15) is 42.7 Å². The van der Waals surface area contributed by atoms with Crippen LogP contribution in [-0.2, 0) is 11.3 Å². The Morgan fingerprint density at radius 2 is 2.00 bits per heavy atom. The highest BCUT2D eigenvalue weighted by molar-refractivity contribution is 9.10. The number of ether oxygens (including phenoxy) is 1. The van der Waals surface area contributed by atoms with Crippen LogP contribution in [0.5, 0.6) is 0 Å². The van der Waals surface area contributed by atoms with Gasteiger partial charge in [0, 0.05) is 12.2 Å². The number of carbonyl (C=O) groups excluding carboxylic acids is 1. The van der Waals surface area contributed by atoms with Crippen molar-refractivity contribution in [1.29, 1.82) is 0 Å². The molecule has 0 aromatic carbocycles. The van der Waals surface area contributed by atoms with Gasteiger partial charge in [-0.25, -0.2) is 4.79 Å². The van der Waals surface area contributed by atoms with Crippen molar-refractivity contribution < 1.29 is 9.53 Å². The summed E-state index contributed by atoms with van der Waals surface area (Å²) in [4.78, 5) is 23.9. The van der Waals surface area contributed by atoms with Crippen LogP contribution in [0.15, 0.2) is 15.3 Å².